The molecule has 3 heteroatoms. The van der Waals surface area contributed by atoms with Crippen molar-refractivity contribution in [1.82, 2.24) is 0 Å². The average Bonchev–Trinajstić information content (AvgIpc) is 2.99. The molecule has 0 aromatic rings. The van der Waals surface area contributed by atoms with Crippen molar-refractivity contribution in [2.75, 3.05) is 6.61 Å². The van der Waals surface area contributed by atoms with E-state index in [0.717, 1.165) is 12.8 Å². The highest BCUT2D eigenvalue weighted by atomic mass is 16.5. The predicted molar refractivity (Wildman–Crippen MR) is 56.1 cm³/mol. The molecule has 0 radical (unpaired) electrons. The van der Waals surface area contributed by atoms with Crippen LogP contribution < -0.4 is 0 Å². The third-order valence-corrected chi connectivity index (χ3v) is 3.11. The maximum absolute atomic E-state index is 10.7. The van der Waals surface area contributed by atoms with Gasteiger partial charge < -0.3 is 9.84 Å². The van der Waals surface area contributed by atoms with E-state index >= 15 is 0 Å². The van der Waals surface area contributed by atoms with Gasteiger partial charge in [0.1, 0.15) is 6.61 Å². The second-order valence-electron chi connectivity index (χ2n) is 4.31. The molecule has 1 unspecified atom stereocenters. The molecule has 1 fully saturated rings. The Morgan fingerprint density at radius 2 is 2.27 bits per heavy atom. The van der Waals surface area contributed by atoms with E-state index in [2.05, 4.69) is 0 Å². The standard InChI is InChI=1S/C12H16O3/c1-9(13)15-8-11-4-2-3-7-12(11,14)10-5-6-10/h2-4,7,10-11,14H,5-6,8H2,1H3/t11-,12?/m0/s1. The number of aliphatic hydroxyl groups is 1. The molecule has 0 saturated heterocycles. The third-order valence-electron chi connectivity index (χ3n) is 3.11. The van der Waals surface area contributed by atoms with Gasteiger partial charge in [-0.2, -0.15) is 0 Å². The number of hydrogen-bond acceptors (Lipinski definition) is 3. The zero-order valence-corrected chi connectivity index (χ0v) is 8.85. The van der Waals surface area contributed by atoms with Crippen LogP contribution in [0.4, 0.5) is 0 Å². The van der Waals surface area contributed by atoms with Crippen LogP contribution in [0.15, 0.2) is 24.3 Å². The molecule has 15 heavy (non-hydrogen) atoms. The number of allylic oxidation sites excluding steroid dienone is 2. The minimum atomic E-state index is -0.801. The van der Waals surface area contributed by atoms with Gasteiger partial charge in [-0.15, -0.1) is 0 Å². The quantitative estimate of drug-likeness (QED) is 0.714. The Bertz CT molecular complexity index is 315. The molecule has 3 nitrogen and oxygen atoms in total. The van der Waals surface area contributed by atoms with E-state index in [1.165, 1.54) is 6.92 Å². The lowest BCUT2D eigenvalue weighted by Crippen LogP contribution is -2.41. The molecule has 2 atom stereocenters. The van der Waals surface area contributed by atoms with Gasteiger partial charge in [0.2, 0.25) is 0 Å². The summed E-state index contributed by atoms with van der Waals surface area (Å²) in [6.45, 7) is 1.65. The van der Waals surface area contributed by atoms with Gasteiger partial charge in [0, 0.05) is 12.8 Å². The zero-order valence-electron chi connectivity index (χ0n) is 8.85. The first-order valence-corrected chi connectivity index (χ1v) is 5.34. The van der Waals surface area contributed by atoms with Crippen LogP contribution in [0.25, 0.3) is 0 Å². The summed E-state index contributed by atoms with van der Waals surface area (Å²) in [4.78, 5) is 10.7. The predicted octanol–water partition coefficient (Wildman–Crippen LogP) is 1.43. The summed E-state index contributed by atoms with van der Waals surface area (Å²) in [5.74, 6) is -0.0609. The van der Waals surface area contributed by atoms with Gasteiger partial charge >= 0.3 is 5.97 Å². The molecule has 1 N–H and O–H groups in total. The summed E-state index contributed by atoms with van der Waals surface area (Å²) in [5, 5.41) is 10.5. The molecule has 2 aliphatic carbocycles. The molecule has 0 spiro atoms. The molecule has 0 aromatic heterocycles. The maximum atomic E-state index is 10.7. The van der Waals surface area contributed by atoms with Crippen LogP contribution in [0.5, 0.6) is 0 Å². The lowest BCUT2D eigenvalue weighted by molar-refractivity contribution is -0.144. The van der Waals surface area contributed by atoms with Crippen LogP contribution in [-0.2, 0) is 9.53 Å². The largest absolute Gasteiger partial charge is 0.465 e. The Labute approximate surface area is 89.4 Å². The van der Waals surface area contributed by atoms with Crippen molar-refractivity contribution in [1.29, 1.82) is 0 Å². The van der Waals surface area contributed by atoms with E-state index in [0.29, 0.717) is 5.92 Å². The molecule has 0 amide bonds. The highest BCUT2D eigenvalue weighted by Gasteiger charge is 2.47. The van der Waals surface area contributed by atoms with Crippen molar-refractivity contribution in [3.05, 3.63) is 24.3 Å². The normalized spacial score (nSPS) is 34.1. The summed E-state index contributed by atoms with van der Waals surface area (Å²) >= 11 is 0. The molecular weight excluding hydrogens is 192 g/mol. The van der Waals surface area contributed by atoms with Crippen LogP contribution in [0.1, 0.15) is 19.8 Å². The smallest absolute Gasteiger partial charge is 0.302 e. The van der Waals surface area contributed by atoms with Gasteiger partial charge in [-0.3, -0.25) is 4.79 Å². The highest BCUT2D eigenvalue weighted by molar-refractivity contribution is 5.65. The lowest BCUT2D eigenvalue weighted by Gasteiger charge is -2.33. The van der Waals surface area contributed by atoms with Gasteiger partial charge in [-0.05, 0) is 18.8 Å². The molecule has 2 aliphatic rings. The first-order valence-electron chi connectivity index (χ1n) is 5.34. The minimum absolute atomic E-state index is 0.0982. The highest BCUT2D eigenvalue weighted by Crippen LogP contribution is 2.46. The van der Waals surface area contributed by atoms with Crippen molar-refractivity contribution in [3.8, 4) is 0 Å². The SMILES string of the molecule is CC(=O)OC[C@@H]1C=CC=CC1(O)C1CC1. The summed E-state index contributed by atoms with van der Waals surface area (Å²) < 4.78 is 4.97. The van der Waals surface area contributed by atoms with Crippen molar-refractivity contribution in [3.63, 3.8) is 0 Å². The van der Waals surface area contributed by atoms with Crippen LogP contribution >= 0.6 is 0 Å². The number of ether oxygens (including phenoxy) is 1. The molecule has 82 valence electrons. The third kappa shape index (κ3) is 2.12. The number of rotatable bonds is 3. The Morgan fingerprint density at radius 1 is 1.53 bits per heavy atom. The van der Waals surface area contributed by atoms with E-state index in [1.54, 1.807) is 0 Å². The molecule has 0 heterocycles. The monoisotopic (exact) mass is 208 g/mol. The number of esters is 1. The minimum Gasteiger partial charge on any atom is -0.465 e. The Hall–Kier alpha value is -1.09. The average molecular weight is 208 g/mol. The number of carbonyl (C=O) groups is 1. The van der Waals surface area contributed by atoms with E-state index in [1.807, 2.05) is 24.3 Å². The molecule has 1 saturated carbocycles. The molecule has 2 rings (SSSR count). The van der Waals surface area contributed by atoms with E-state index in [4.69, 9.17) is 4.74 Å². The summed E-state index contributed by atoms with van der Waals surface area (Å²) in [7, 11) is 0. The van der Waals surface area contributed by atoms with Gasteiger partial charge in [-0.25, -0.2) is 0 Å². The van der Waals surface area contributed by atoms with Crippen molar-refractivity contribution < 1.29 is 14.6 Å². The second-order valence-corrected chi connectivity index (χ2v) is 4.31. The van der Waals surface area contributed by atoms with Gasteiger partial charge in [0.05, 0.1) is 5.60 Å². The molecule has 0 aromatic carbocycles. The van der Waals surface area contributed by atoms with Crippen LogP contribution in [0.2, 0.25) is 0 Å². The fourth-order valence-electron chi connectivity index (χ4n) is 2.07. The lowest BCUT2D eigenvalue weighted by atomic mass is 9.80. The summed E-state index contributed by atoms with van der Waals surface area (Å²) in [6, 6.07) is 0. The summed E-state index contributed by atoms with van der Waals surface area (Å²) in [6.07, 6.45) is 9.63. The van der Waals surface area contributed by atoms with E-state index in [9.17, 15) is 9.90 Å². The fraction of sp³-hybridized carbons (Fsp3) is 0.583. The van der Waals surface area contributed by atoms with Gasteiger partial charge in [-0.1, -0.05) is 24.3 Å². The van der Waals surface area contributed by atoms with Crippen molar-refractivity contribution in [2.24, 2.45) is 11.8 Å². The summed E-state index contributed by atoms with van der Waals surface area (Å²) in [5.41, 5.74) is -0.801. The Morgan fingerprint density at radius 3 is 2.87 bits per heavy atom. The first-order chi connectivity index (χ1) is 7.13. The number of hydrogen-bond donors (Lipinski definition) is 1. The van der Waals surface area contributed by atoms with Crippen LogP contribution in [-0.4, -0.2) is 23.3 Å². The Kier molecular flexibility index (Phi) is 2.65. The van der Waals surface area contributed by atoms with Crippen LogP contribution in [0, 0.1) is 11.8 Å². The topological polar surface area (TPSA) is 46.5 Å². The first kappa shape index (κ1) is 10.4. The number of carbonyl (C=O) groups excluding carboxylic acids is 1. The van der Waals surface area contributed by atoms with E-state index < -0.39 is 5.60 Å². The maximum Gasteiger partial charge on any atom is 0.302 e. The van der Waals surface area contributed by atoms with Crippen molar-refractivity contribution >= 4 is 5.97 Å². The van der Waals surface area contributed by atoms with E-state index in [-0.39, 0.29) is 18.5 Å². The molecular formula is C12H16O3. The Balaban J connectivity index is 2.04. The van der Waals surface area contributed by atoms with Crippen LogP contribution in [0.3, 0.4) is 0 Å². The fourth-order valence-corrected chi connectivity index (χ4v) is 2.07. The van der Waals surface area contributed by atoms with Gasteiger partial charge in [0.15, 0.2) is 0 Å². The molecule has 0 bridgehead atoms. The second kappa shape index (κ2) is 3.81. The van der Waals surface area contributed by atoms with Crippen molar-refractivity contribution in [2.45, 2.75) is 25.4 Å². The van der Waals surface area contributed by atoms with Gasteiger partial charge in [0.25, 0.3) is 0 Å². The molecule has 0 aliphatic heterocycles. The zero-order chi connectivity index (χ0) is 10.9.